The Morgan fingerprint density at radius 2 is 2.14 bits per heavy atom. The van der Waals surface area contributed by atoms with Gasteiger partial charge in [0.15, 0.2) is 0 Å². The Labute approximate surface area is 125 Å². The molecule has 1 aromatic carbocycles. The lowest BCUT2D eigenvalue weighted by Gasteiger charge is -2.12. The normalized spacial score (nSPS) is 13.3. The molecule has 0 spiro atoms. The van der Waals surface area contributed by atoms with Crippen LogP contribution in [-0.4, -0.2) is 32.4 Å². The van der Waals surface area contributed by atoms with Gasteiger partial charge in [0, 0.05) is 17.0 Å². The molecule has 0 aliphatic rings. The molecule has 2 aromatic rings. The minimum absolute atomic E-state index is 0.0807. The fourth-order valence-electron chi connectivity index (χ4n) is 2.08. The second-order valence-electron chi connectivity index (χ2n) is 4.92. The largest absolute Gasteiger partial charge is 0.397 e. The van der Waals surface area contributed by atoms with E-state index in [1.807, 2.05) is 0 Å². The van der Waals surface area contributed by atoms with Crippen molar-refractivity contribution in [3.05, 3.63) is 28.9 Å². The molecule has 1 aromatic heterocycles. The first-order chi connectivity index (χ1) is 9.69. The molecule has 0 aliphatic heterocycles. The van der Waals surface area contributed by atoms with Crippen LogP contribution in [0.5, 0.6) is 0 Å². The van der Waals surface area contributed by atoms with Crippen molar-refractivity contribution in [2.45, 2.75) is 13.0 Å². The van der Waals surface area contributed by atoms with Crippen molar-refractivity contribution in [1.29, 1.82) is 0 Å². The van der Waals surface area contributed by atoms with E-state index in [1.165, 1.54) is 6.07 Å². The number of rotatable bonds is 4. The maximum atomic E-state index is 13.7. The number of nitrogens with one attached hydrogen (secondary N) is 1. The molecule has 1 atom stereocenters. The van der Waals surface area contributed by atoms with Gasteiger partial charge >= 0.3 is 0 Å². The molecule has 5 nitrogen and oxygen atoms in total. The Balaban J connectivity index is 2.28. The minimum atomic E-state index is -3.20. The molecule has 0 saturated heterocycles. The average Bonchev–Trinajstić information content (AvgIpc) is 2.65. The third-order valence-corrected chi connectivity index (χ3v) is 5.11. The van der Waals surface area contributed by atoms with Crippen LogP contribution in [0.15, 0.2) is 18.2 Å². The Kier molecular flexibility index (Phi) is 4.20. The van der Waals surface area contributed by atoms with E-state index >= 15 is 0 Å². The molecule has 0 aliphatic carbocycles. The quantitative estimate of drug-likeness (QED) is 0.894. The first kappa shape index (κ1) is 15.7. The number of fused-ring (bicyclic) bond motifs is 1. The number of hydrogen-bond donors (Lipinski definition) is 2. The van der Waals surface area contributed by atoms with E-state index in [0.29, 0.717) is 4.70 Å². The van der Waals surface area contributed by atoms with Crippen molar-refractivity contribution in [1.82, 2.24) is 5.32 Å². The standard InChI is InChI=1S/C13H15FN2O3S2/c1-7(6-21(2,18)19)16-13(17)12-11(15)10-8(14)4-3-5-9(10)20-12/h3-5,7H,6,15H2,1-2H3,(H,16,17). The van der Waals surface area contributed by atoms with Crippen molar-refractivity contribution in [2.24, 2.45) is 0 Å². The van der Waals surface area contributed by atoms with Crippen molar-refractivity contribution in [3.8, 4) is 0 Å². The fourth-order valence-corrected chi connectivity index (χ4v) is 4.11. The molecule has 1 amide bonds. The van der Waals surface area contributed by atoms with E-state index in [4.69, 9.17) is 5.73 Å². The van der Waals surface area contributed by atoms with Gasteiger partial charge in [0.2, 0.25) is 0 Å². The maximum Gasteiger partial charge on any atom is 0.263 e. The van der Waals surface area contributed by atoms with Gasteiger partial charge in [0.1, 0.15) is 20.5 Å². The molecule has 0 fully saturated rings. The molecule has 1 unspecified atom stereocenters. The zero-order chi connectivity index (χ0) is 15.8. The summed E-state index contributed by atoms with van der Waals surface area (Å²) in [5, 5.41) is 2.79. The van der Waals surface area contributed by atoms with Gasteiger partial charge in [-0.25, -0.2) is 12.8 Å². The van der Waals surface area contributed by atoms with Crippen LogP contribution in [-0.2, 0) is 9.84 Å². The lowest BCUT2D eigenvalue weighted by molar-refractivity contribution is 0.0948. The van der Waals surface area contributed by atoms with Gasteiger partial charge in [-0.2, -0.15) is 0 Å². The SMILES string of the molecule is CC(CS(C)(=O)=O)NC(=O)c1sc2cccc(F)c2c1N. The molecule has 3 N–H and O–H groups in total. The van der Waals surface area contributed by atoms with Crippen LogP contribution < -0.4 is 11.1 Å². The van der Waals surface area contributed by atoms with Gasteiger partial charge in [0.05, 0.1) is 16.8 Å². The third kappa shape index (κ3) is 3.51. The number of sulfone groups is 1. The summed E-state index contributed by atoms with van der Waals surface area (Å²) >= 11 is 1.08. The van der Waals surface area contributed by atoms with Gasteiger partial charge in [-0.15, -0.1) is 11.3 Å². The number of halogens is 1. The zero-order valence-electron chi connectivity index (χ0n) is 11.5. The number of thiophene rings is 1. The molecule has 0 saturated carbocycles. The summed E-state index contributed by atoms with van der Waals surface area (Å²) in [6, 6.07) is 3.94. The molecule has 8 heteroatoms. The average molecular weight is 330 g/mol. The van der Waals surface area contributed by atoms with Crippen LogP contribution in [0.3, 0.4) is 0 Å². The lowest BCUT2D eigenvalue weighted by Crippen LogP contribution is -2.37. The lowest BCUT2D eigenvalue weighted by atomic mass is 10.2. The number of carbonyl (C=O) groups excluding carboxylic acids is 1. The summed E-state index contributed by atoms with van der Waals surface area (Å²) in [4.78, 5) is 12.3. The van der Waals surface area contributed by atoms with Crippen LogP contribution in [0.4, 0.5) is 10.1 Å². The first-order valence-corrected chi connectivity index (χ1v) is 9.02. The smallest absolute Gasteiger partial charge is 0.263 e. The molecule has 1 heterocycles. The van der Waals surface area contributed by atoms with Crippen LogP contribution in [0.1, 0.15) is 16.6 Å². The Bertz CT molecular complexity index is 799. The van der Waals surface area contributed by atoms with Crippen LogP contribution in [0.2, 0.25) is 0 Å². The van der Waals surface area contributed by atoms with Gasteiger partial charge in [-0.05, 0) is 19.1 Å². The second kappa shape index (κ2) is 5.61. The summed E-state index contributed by atoms with van der Waals surface area (Å²) in [5.74, 6) is -1.15. The molecule has 21 heavy (non-hydrogen) atoms. The molecular formula is C13H15FN2O3S2. The molecule has 0 radical (unpaired) electrons. The number of nitrogens with two attached hydrogens (primary N) is 1. The highest BCUT2D eigenvalue weighted by Crippen LogP contribution is 2.35. The van der Waals surface area contributed by atoms with Crippen molar-refractivity contribution in [3.63, 3.8) is 0 Å². The molecule has 0 bridgehead atoms. The van der Waals surface area contributed by atoms with Crippen LogP contribution >= 0.6 is 11.3 Å². The summed E-state index contributed by atoms with van der Waals surface area (Å²) < 4.78 is 36.7. The van der Waals surface area contributed by atoms with Crippen molar-refractivity contribution in [2.75, 3.05) is 17.7 Å². The summed E-state index contributed by atoms with van der Waals surface area (Å²) in [7, 11) is -3.20. The predicted molar refractivity (Wildman–Crippen MR) is 82.8 cm³/mol. The van der Waals surface area contributed by atoms with Gasteiger partial charge in [-0.3, -0.25) is 4.79 Å². The number of amides is 1. The predicted octanol–water partition coefficient (Wildman–Crippen LogP) is 1.79. The third-order valence-electron chi connectivity index (χ3n) is 2.84. The maximum absolute atomic E-state index is 13.7. The highest BCUT2D eigenvalue weighted by Gasteiger charge is 2.21. The Hall–Kier alpha value is -1.67. The number of hydrogen-bond acceptors (Lipinski definition) is 5. The molecule has 114 valence electrons. The van der Waals surface area contributed by atoms with Crippen LogP contribution in [0.25, 0.3) is 10.1 Å². The monoisotopic (exact) mass is 330 g/mol. The summed E-state index contributed by atoms with van der Waals surface area (Å²) in [6.45, 7) is 1.59. The summed E-state index contributed by atoms with van der Waals surface area (Å²) in [5.41, 5.74) is 5.92. The number of anilines is 1. The van der Waals surface area contributed by atoms with E-state index in [2.05, 4.69) is 5.32 Å². The zero-order valence-corrected chi connectivity index (χ0v) is 13.1. The minimum Gasteiger partial charge on any atom is -0.397 e. The van der Waals surface area contributed by atoms with E-state index in [0.717, 1.165) is 17.6 Å². The molecule has 2 rings (SSSR count). The van der Waals surface area contributed by atoms with E-state index in [-0.39, 0.29) is 21.7 Å². The summed E-state index contributed by atoms with van der Waals surface area (Å²) in [6.07, 6.45) is 1.10. The van der Waals surface area contributed by atoms with Gasteiger partial charge in [0.25, 0.3) is 5.91 Å². The van der Waals surface area contributed by atoms with Crippen molar-refractivity contribution < 1.29 is 17.6 Å². The highest BCUT2D eigenvalue weighted by atomic mass is 32.2. The van der Waals surface area contributed by atoms with E-state index < -0.39 is 27.6 Å². The Morgan fingerprint density at radius 3 is 2.71 bits per heavy atom. The topological polar surface area (TPSA) is 89.3 Å². The Morgan fingerprint density at radius 1 is 1.48 bits per heavy atom. The molecular weight excluding hydrogens is 315 g/mol. The first-order valence-electron chi connectivity index (χ1n) is 6.14. The highest BCUT2D eigenvalue weighted by molar-refractivity contribution is 7.90. The van der Waals surface area contributed by atoms with Crippen LogP contribution in [0, 0.1) is 5.82 Å². The van der Waals surface area contributed by atoms with Gasteiger partial charge < -0.3 is 11.1 Å². The van der Waals surface area contributed by atoms with Gasteiger partial charge in [-0.1, -0.05) is 6.07 Å². The second-order valence-corrected chi connectivity index (χ2v) is 8.16. The number of carbonyl (C=O) groups is 1. The van der Waals surface area contributed by atoms with E-state index in [9.17, 15) is 17.6 Å². The number of nitrogen functional groups attached to an aromatic ring is 1. The van der Waals surface area contributed by atoms with E-state index in [1.54, 1.807) is 19.1 Å². The van der Waals surface area contributed by atoms with Crippen molar-refractivity contribution >= 4 is 42.9 Å². The fraction of sp³-hybridized carbons (Fsp3) is 0.308. The number of benzene rings is 1.